The van der Waals surface area contributed by atoms with Crippen molar-refractivity contribution in [1.29, 1.82) is 0 Å². The second-order valence-corrected chi connectivity index (χ2v) is 3.85. The number of rotatable bonds is 2. The number of esters is 1. The second-order valence-electron chi connectivity index (χ2n) is 3.85. The van der Waals surface area contributed by atoms with Crippen LogP contribution in [0.15, 0.2) is 11.6 Å². The van der Waals surface area contributed by atoms with Gasteiger partial charge in [0.1, 0.15) is 0 Å². The van der Waals surface area contributed by atoms with Crippen LogP contribution < -0.4 is 0 Å². The molecule has 1 rings (SSSR count). The van der Waals surface area contributed by atoms with Gasteiger partial charge < -0.3 is 4.74 Å². The van der Waals surface area contributed by atoms with Crippen molar-refractivity contribution in [2.75, 3.05) is 6.61 Å². The van der Waals surface area contributed by atoms with Crippen LogP contribution in [0.4, 0.5) is 0 Å². The molecule has 68 valence electrons. The van der Waals surface area contributed by atoms with Gasteiger partial charge in [0.15, 0.2) is 0 Å². The summed E-state index contributed by atoms with van der Waals surface area (Å²) in [6.07, 6.45) is 2.66. The molecule has 0 fully saturated rings. The fourth-order valence-corrected chi connectivity index (χ4v) is 1.38. The van der Waals surface area contributed by atoms with Gasteiger partial charge in [-0.05, 0) is 12.3 Å². The van der Waals surface area contributed by atoms with Gasteiger partial charge in [0.2, 0.25) is 0 Å². The highest BCUT2D eigenvalue weighted by atomic mass is 16.5. The van der Waals surface area contributed by atoms with Crippen molar-refractivity contribution in [3.05, 3.63) is 11.6 Å². The Labute approximate surface area is 73.6 Å². The van der Waals surface area contributed by atoms with Crippen molar-refractivity contribution in [2.45, 2.75) is 27.2 Å². The van der Waals surface area contributed by atoms with Crippen LogP contribution >= 0.6 is 0 Å². The molecular weight excluding hydrogens is 152 g/mol. The monoisotopic (exact) mass is 168 g/mol. The third-order valence-electron chi connectivity index (χ3n) is 2.06. The number of carbonyl (C=O) groups is 1. The Hall–Kier alpha value is -0.790. The van der Waals surface area contributed by atoms with E-state index >= 15 is 0 Å². The van der Waals surface area contributed by atoms with E-state index in [2.05, 4.69) is 20.8 Å². The van der Waals surface area contributed by atoms with Crippen molar-refractivity contribution < 1.29 is 9.53 Å². The predicted octanol–water partition coefficient (Wildman–Crippen LogP) is 2.15. The molecule has 1 heterocycles. The van der Waals surface area contributed by atoms with E-state index in [0.29, 0.717) is 18.4 Å². The minimum absolute atomic E-state index is 0.177. The van der Waals surface area contributed by atoms with Gasteiger partial charge in [-0.25, -0.2) is 4.79 Å². The number of hydrogen-bond acceptors (Lipinski definition) is 2. The van der Waals surface area contributed by atoms with Gasteiger partial charge in [0.05, 0.1) is 6.61 Å². The molecule has 2 heteroatoms. The maximum absolute atomic E-state index is 10.9. The third kappa shape index (κ3) is 2.36. The van der Waals surface area contributed by atoms with E-state index in [-0.39, 0.29) is 5.97 Å². The lowest BCUT2D eigenvalue weighted by molar-refractivity contribution is -0.139. The summed E-state index contributed by atoms with van der Waals surface area (Å²) in [5.74, 6) is 0.846. The quantitative estimate of drug-likeness (QED) is 0.590. The smallest absolute Gasteiger partial charge is 0.330 e. The van der Waals surface area contributed by atoms with Crippen LogP contribution in [0, 0.1) is 11.8 Å². The Morgan fingerprint density at radius 3 is 2.92 bits per heavy atom. The van der Waals surface area contributed by atoms with Crippen molar-refractivity contribution in [3.8, 4) is 0 Å². The van der Waals surface area contributed by atoms with Gasteiger partial charge in [0.25, 0.3) is 0 Å². The average molecular weight is 168 g/mol. The van der Waals surface area contributed by atoms with Crippen LogP contribution in [-0.2, 0) is 9.53 Å². The second kappa shape index (κ2) is 3.74. The number of hydrogen-bond donors (Lipinski definition) is 0. The summed E-state index contributed by atoms with van der Waals surface area (Å²) in [6.45, 7) is 6.97. The minimum atomic E-state index is -0.177. The highest BCUT2D eigenvalue weighted by molar-refractivity contribution is 5.83. The van der Waals surface area contributed by atoms with E-state index in [4.69, 9.17) is 4.74 Å². The van der Waals surface area contributed by atoms with E-state index in [9.17, 15) is 4.79 Å². The van der Waals surface area contributed by atoms with Crippen molar-refractivity contribution in [2.24, 2.45) is 11.8 Å². The van der Waals surface area contributed by atoms with Gasteiger partial charge in [-0.1, -0.05) is 26.3 Å². The van der Waals surface area contributed by atoms with E-state index in [1.54, 1.807) is 6.08 Å². The molecule has 0 amide bonds. The Balaban J connectivity index is 2.64. The normalized spacial score (nSPS) is 23.8. The van der Waals surface area contributed by atoms with E-state index in [1.807, 2.05) is 0 Å². The molecule has 0 radical (unpaired) electrons. The molecule has 1 aliphatic rings. The maximum Gasteiger partial charge on any atom is 0.330 e. The van der Waals surface area contributed by atoms with Gasteiger partial charge >= 0.3 is 5.97 Å². The van der Waals surface area contributed by atoms with Crippen LogP contribution in [0.25, 0.3) is 0 Å². The molecule has 0 saturated heterocycles. The largest absolute Gasteiger partial charge is 0.462 e. The third-order valence-corrected chi connectivity index (χ3v) is 2.06. The summed E-state index contributed by atoms with van der Waals surface area (Å²) in [5.41, 5.74) is 1.24. The summed E-state index contributed by atoms with van der Waals surface area (Å²) in [6, 6.07) is 0. The highest BCUT2D eigenvalue weighted by Crippen LogP contribution is 2.22. The maximum atomic E-state index is 10.9. The Kier molecular flexibility index (Phi) is 2.90. The topological polar surface area (TPSA) is 26.3 Å². The fraction of sp³-hybridized carbons (Fsp3) is 0.700. The van der Waals surface area contributed by atoms with Crippen LogP contribution in [0.5, 0.6) is 0 Å². The zero-order valence-electron chi connectivity index (χ0n) is 7.96. The minimum Gasteiger partial charge on any atom is -0.462 e. The van der Waals surface area contributed by atoms with Gasteiger partial charge in [-0.15, -0.1) is 0 Å². The Morgan fingerprint density at radius 2 is 2.33 bits per heavy atom. The number of ether oxygens (including phenoxy) is 1. The summed E-state index contributed by atoms with van der Waals surface area (Å²) in [5, 5.41) is 0. The molecule has 1 atom stereocenters. The van der Waals surface area contributed by atoms with E-state index in [0.717, 1.165) is 6.42 Å². The van der Waals surface area contributed by atoms with E-state index in [1.165, 1.54) is 5.57 Å². The fourth-order valence-electron chi connectivity index (χ4n) is 1.38. The first-order valence-electron chi connectivity index (χ1n) is 4.47. The zero-order chi connectivity index (χ0) is 9.14. The van der Waals surface area contributed by atoms with Gasteiger partial charge in [-0.3, -0.25) is 0 Å². The number of cyclic esters (lactones) is 1. The lowest BCUT2D eigenvalue weighted by Gasteiger charge is -2.21. The van der Waals surface area contributed by atoms with Gasteiger partial charge in [-0.2, -0.15) is 0 Å². The summed E-state index contributed by atoms with van der Waals surface area (Å²) in [4.78, 5) is 10.9. The molecular formula is C10H16O2. The summed E-state index contributed by atoms with van der Waals surface area (Å²) in [7, 11) is 0. The molecule has 0 aromatic rings. The molecule has 0 aromatic heterocycles. The van der Waals surface area contributed by atoms with Crippen LogP contribution in [-0.4, -0.2) is 12.6 Å². The first-order chi connectivity index (χ1) is 5.59. The highest BCUT2D eigenvalue weighted by Gasteiger charge is 2.18. The number of carbonyl (C=O) groups excluding carboxylic acids is 1. The van der Waals surface area contributed by atoms with Crippen LogP contribution in [0.3, 0.4) is 0 Å². The Morgan fingerprint density at radius 1 is 1.67 bits per heavy atom. The van der Waals surface area contributed by atoms with Crippen molar-refractivity contribution in [3.63, 3.8) is 0 Å². The van der Waals surface area contributed by atoms with Crippen molar-refractivity contribution in [1.82, 2.24) is 0 Å². The van der Waals surface area contributed by atoms with E-state index < -0.39 is 0 Å². The molecule has 0 bridgehead atoms. The zero-order valence-corrected chi connectivity index (χ0v) is 7.96. The molecule has 0 N–H and O–H groups in total. The standard InChI is InChI=1S/C10H16O2/c1-7(2)4-9-5-10(11)12-6-8(9)3/h5,7-8H,4,6H2,1-3H3. The first-order valence-corrected chi connectivity index (χ1v) is 4.47. The molecule has 12 heavy (non-hydrogen) atoms. The molecule has 0 aromatic carbocycles. The molecule has 0 spiro atoms. The molecule has 1 unspecified atom stereocenters. The molecule has 1 aliphatic heterocycles. The van der Waals surface area contributed by atoms with Crippen molar-refractivity contribution >= 4 is 5.97 Å². The predicted molar refractivity (Wildman–Crippen MR) is 47.7 cm³/mol. The lowest BCUT2D eigenvalue weighted by atomic mass is 9.92. The Bertz CT molecular complexity index is 204. The lowest BCUT2D eigenvalue weighted by Crippen LogP contribution is -2.19. The van der Waals surface area contributed by atoms with Crippen LogP contribution in [0.2, 0.25) is 0 Å². The summed E-state index contributed by atoms with van der Waals surface area (Å²) >= 11 is 0. The molecule has 0 saturated carbocycles. The molecule has 0 aliphatic carbocycles. The first kappa shape index (κ1) is 9.30. The summed E-state index contributed by atoms with van der Waals surface area (Å²) < 4.78 is 4.89. The van der Waals surface area contributed by atoms with Crippen LogP contribution in [0.1, 0.15) is 27.2 Å². The average Bonchev–Trinajstić information content (AvgIpc) is 1.96. The SMILES string of the molecule is CC(C)CC1=CC(=O)OCC1C. The molecule has 2 nitrogen and oxygen atoms in total. The van der Waals surface area contributed by atoms with Gasteiger partial charge in [0, 0.05) is 12.0 Å².